The zero-order valence-corrected chi connectivity index (χ0v) is 25.8. The van der Waals surface area contributed by atoms with E-state index in [9.17, 15) is 44.3 Å². The van der Waals surface area contributed by atoms with Gasteiger partial charge in [-0.05, 0) is 66.1 Å². The maximum atomic E-state index is 13.3. The lowest BCUT2D eigenvalue weighted by Gasteiger charge is -2.34. The molecule has 4 aromatic rings. The van der Waals surface area contributed by atoms with Crippen LogP contribution in [0.2, 0.25) is 0 Å². The van der Waals surface area contributed by atoms with Crippen LogP contribution in [-0.2, 0) is 22.4 Å². The molecule has 0 bridgehead atoms. The van der Waals surface area contributed by atoms with Crippen LogP contribution in [0.15, 0.2) is 77.7 Å². The minimum atomic E-state index is -5.00. The number of alkyl halides is 6. The number of amides is 3. The van der Waals surface area contributed by atoms with E-state index in [1.54, 1.807) is 12.1 Å². The molecule has 0 spiro atoms. The van der Waals surface area contributed by atoms with Gasteiger partial charge in [0.25, 0.3) is 15.9 Å². The summed E-state index contributed by atoms with van der Waals surface area (Å²) in [6.45, 7) is 4.29. The summed E-state index contributed by atoms with van der Waals surface area (Å²) in [5.41, 5.74) is -1.96. The van der Waals surface area contributed by atoms with Crippen molar-refractivity contribution < 1.29 is 44.3 Å². The number of sulfonamides is 1. The molecule has 248 valence electrons. The van der Waals surface area contributed by atoms with Crippen molar-refractivity contribution in [2.24, 2.45) is 0 Å². The number of pyridine rings is 1. The number of carbonyl (C=O) groups excluding carboxylic acids is 2. The highest BCUT2D eigenvalue weighted by atomic mass is 32.2. The standard InChI is InChI=1S/C32H28F6N4O4S/c1-19(2)20-3-7-26(8-4-20)47(45,46)40-30(44)42-13-11-41(12-14-42)29(43)22-6-10-27-21(15-22)5-9-28(39-27)23-16-24(31(33,34)35)18-25(17-23)32(36,37)38/h3-10,15-19H,11-14H2,1-2H3,(H,40,44). The van der Waals surface area contributed by atoms with E-state index in [2.05, 4.69) is 9.71 Å². The number of piperazine rings is 1. The highest BCUT2D eigenvalue weighted by Gasteiger charge is 2.37. The third-order valence-electron chi connectivity index (χ3n) is 7.75. The predicted octanol–water partition coefficient (Wildman–Crippen LogP) is 6.92. The van der Waals surface area contributed by atoms with E-state index in [0.29, 0.717) is 17.5 Å². The molecule has 0 atom stereocenters. The molecular formula is C32H28F6N4O4S. The zero-order chi connectivity index (χ0) is 34.3. The van der Waals surface area contributed by atoms with Gasteiger partial charge in [0.1, 0.15) is 0 Å². The number of hydrogen-bond donors (Lipinski definition) is 1. The monoisotopic (exact) mass is 678 g/mol. The molecule has 0 unspecified atom stereocenters. The van der Waals surface area contributed by atoms with Crippen LogP contribution in [0.25, 0.3) is 22.2 Å². The van der Waals surface area contributed by atoms with Crippen molar-refractivity contribution >= 4 is 32.9 Å². The molecule has 0 saturated carbocycles. The van der Waals surface area contributed by atoms with Crippen molar-refractivity contribution in [1.82, 2.24) is 19.5 Å². The van der Waals surface area contributed by atoms with E-state index in [1.807, 2.05) is 13.8 Å². The average Bonchev–Trinajstić information content (AvgIpc) is 3.02. The van der Waals surface area contributed by atoms with Crippen molar-refractivity contribution in [1.29, 1.82) is 0 Å². The van der Waals surface area contributed by atoms with Gasteiger partial charge in [0, 0.05) is 42.7 Å². The topological polar surface area (TPSA) is 99.7 Å². The Morgan fingerprint density at radius 3 is 1.89 bits per heavy atom. The first kappa shape index (κ1) is 33.7. The normalized spacial score (nSPS) is 14.5. The SMILES string of the molecule is CC(C)c1ccc(S(=O)(=O)NC(=O)N2CCN(C(=O)c3ccc4nc(-c5cc(C(F)(F)F)cc(C(F)(F)F)c5)ccc4c3)CC2)cc1. The van der Waals surface area contributed by atoms with Gasteiger partial charge in [0.2, 0.25) is 0 Å². The summed E-state index contributed by atoms with van der Waals surface area (Å²) in [6, 6.07) is 13.7. The van der Waals surface area contributed by atoms with E-state index in [1.165, 1.54) is 52.3 Å². The minimum absolute atomic E-state index is 0.0449. The molecule has 1 saturated heterocycles. The third kappa shape index (κ3) is 7.50. The van der Waals surface area contributed by atoms with E-state index in [-0.39, 0.29) is 71.3 Å². The molecule has 2 heterocycles. The maximum Gasteiger partial charge on any atom is 0.416 e. The summed E-state index contributed by atoms with van der Waals surface area (Å²) in [5.74, 6) is -0.183. The first-order valence-electron chi connectivity index (χ1n) is 14.3. The fourth-order valence-corrected chi connectivity index (χ4v) is 6.06. The molecule has 1 fully saturated rings. The van der Waals surface area contributed by atoms with Gasteiger partial charge in [0.15, 0.2) is 0 Å². The van der Waals surface area contributed by atoms with Crippen LogP contribution in [0.1, 0.15) is 46.8 Å². The van der Waals surface area contributed by atoms with Gasteiger partial charge in [-0.3, -0.25) is 4.79 Å². The Morgan fingerprint density at radius 1 is 0.766 bits per heavy atom. The Morgan fingerprint density at radius 2 is 1.34 bits per heavy atom. The van der Waals surface area contributed by atoms with Crippen molar-refractivity contribution in [2.45, 2.75) is 37.0 Å². The van der Waals surface area contributed by atoms with Gasteiger partial charge in [-0.15, -0.1) is 0 Å². The van der Waals surface area contributed by atoms with E-state index in [0.717, 1.165) is 5.56 Å². The van der Waals surface area contributed by atoms with E-state index >= 15 is 0 Å². The molecule has 0 aliphatic carbocycles. The van der Waals surface area contributed by atoms with Gasteiger partial charge in [0.05, 0.1) is 27.2 Å². The number of rotatable bonds is 5. The fourth-order valence-electron chi connectivity index (χ4n) is 5.09. The lowest BCUT2D eigenvalue weighted by molar-refractivity contribution is -0.143. The molecule has 1 aromatic heterocycles. The largest absolute Gasteiger partial charge is 0.416 e. The van der Waals surface area contributed by atoms with Crippen molar-refractivity contribution in [3.8, 4) is 11.3 Å². The first-order valence-corrected chi connectivity index (χ1v) is 15.8. The highest BCUT2D eigenvalue weighted by molar-refractivity contribution is 7.90. The minimum Gasteiger partial charge on any atom is -0.335 e. The lowest BCUT2D eigenvalue weighted by Crippen LogP contribution is -2.53. The number of aromatic nitrogens is 1. The number of benzene rings is 3. The average molecular weight is 679 g/mol. The molecule has 47 heavy (non-hydrogen) atoms. The van der Waals surface area contributed by atoms with Gasteiger partial charge >= 0.3 is 18.4 Å². The van der Waals surface area contributed by atoms with Crippen LogP contribution in [0, 0.1) is 0 Å². The molecule has 15 heteroatoms. The Hall–Kier alpha value is -4.66. The number of urea groups is 1. The second-order valence-electron chi connectivity index (χ2n) is 11.3. The molecule has 1 aliphatic heterocycles. The summed E-state index contributed by atoms with van der Waals surface area (Å²) < 4.78 is 107. The number of carbonyl (C=O) groups is 2. The summed E-state index contributed by atoms with van der Waals surface area (Å²) in [4.78, 5) is 32.9. The van der Waals surface area contributed by atoms with Gasteiger partial charge < -0.3 is 9.80 Å². The Labute approximate surface area is 266 Å². The first-order chi connectivity index (χ1) is 21.9. The molecule has 8 nitrogen and oxygen atoms in total. The molecule has 1 aliphatic rings. The van der Waals surface area contributed by atoms with Crippen LogP contribution in [-0.4, -0.2) is 61.3 Å². The molecule has 3 amide bonds. The van der Waals surface area contributed by atoms with Crippen molar-refractivity contribution in [3.63, 3.8) is 0 Å². The van der Waals surface area contributed by atoms with E-state index < -0.39 is 39.5 Å². The summed E-state index contributed by atoms with van der Waals surface area (Å²) in [5, 5.41) is 0.423. The molecule has 5 rings (SSSR count). The van der Waals surface area contributed by atoms with Crippen LogP contribution in [0.5, 0.6) is 0 Å². The van der Waals surface area contributed by atoms with Crippen molar-refractivity contribution in [3.05, 3.63) is 95.1 Å². The predicted molar refractivity (Wildman–Crippen MR) is 161 cm³/mol. The number of nitrogens with one attached hydrogen (secondary N) is 1. The Bertz CT molecular complexity index is 1900. The Balaban J connectivity index is 1.26. The zero-order valence-electron chi connectivity index (χ0n) is 25.0. The second kappa shape index (κ2) is 12.5. The second-order valence-corrected chi connectivity index (χ2v) is 13.0. The van der Waals surface area contributed by atoms with Crippen LogP contribution in [0.3, 0.4) is 0 Å². The maximum absolute atomic E-state index is 13.3. The lowest BCUT2D eigenvalue weighted by atomic mass is 10.0. The Kier molecular flexibility index (Phi) is 8.97. The number of fused-ring (bicyclic) bond motifs is 1. The number of nitrogens with zero attached hydrogens (tertiary/aromatic N) is 3. The van der Waals surface area contributed by atoms with Gasteiger partial charge in [-0.25, -0.2) is 22.9 Å². The highest BCUT2D eigenvalue weighted by Crippen LogP contribution is 2.38. The molecule has 1 N–H and O–H groups in total. The van der Waals surface area contributed by atoms with Gasteiger partial charge in [-0.2, -0.15) is 26.3 Å². The molecule has 3 aromatic carbocycles. The van der Waals surface area contributed by atoms with Crippen LogP contribution >= 0.6 is 0 Å². The third-order valence-corrected chi connectivity index (χ3v) is 9.09. The van der Waals surface area contributed by atoms with Gasteiger partial charge in [-0.1, -0.05) is 32.0 Å². The number of halogens is 6. The van der Waals surface area contributed by atoms with E-state index in [4.69, 9.17) is 0 Å². The number of hydrogen-bond acceptors (Lipinski definition) is 5. The van der Waals surface area contributed by atoms with Crippen molar-refractivity contribution in [2.75, 3.05) is 26.2 Å². The fraction of sp³-hybridized carbons (Fsp3) is 0.281. The summed E-state index contributed by atoms with van der Waals surface area (Å²) in [7, 11) is -4.11. The smallest absolute Gasteiger partial charge is 0.335 e. The van der Waals surface area contributed by atoms with Crippen LogP contribution in [0.4, 0.5) is 31.1 Å². The van der Waals surface area contributed by atoms with Crippen LogP contribution < -0.4 is 4.72 Å². The molecule has 0 radical (unpaired) electrons. The molecular weight excluding hydrogens is 650 g/mol. The summed E-state index contributed by atoms with van der Waals surface area (Å²) >= 11 is 0. The summed E-state index contributed by atoms with van der Waals surface area (Å²) in [6.07, 6.45) is -10.0. The quantitative estimate of drug-likeness (QED) is 0.231.